The van der Waals surface area contributed by atoms with Gasteiger partial charge in [-0.3, -0.25) is 9.69 Å². The molecule has 1 aromatic rings. The van der Waals surface area contributed by atoms with Crippen molar-refractivity contribution in [1.29, 1.82) is 0 Å². The average Bonchev–Trinajstić information content (AvgIpc) is 3.13. The number of nitrogens with zero attached hydrogens (tertiary/aromatic N) is 1. The minimum Gasteiger partial charge on any atom is -0.493 e. The molecule has 2 aliphatic rings. The Balaban J connectivity index is 1.63. The summed E-state index contributed by atoms with van der Waals surface area (Å²) in [5, 5.41) is 8.97. The van der Waals surface area contributed by atoms with E-state index in [-0.39, 0.29) is 12.4 Å². The van der Waals surface area contributed by atoms with Crippen molar-refractivity contribution < 1.29 is 14.6 Å². The first-order valence-electron chi connectivity index (χ1n) is 7.92. The first-order chi connectivity index (χ1) is 10.3. The second kappa shape index (κ2) is 6.58. The van der Waals surface area contributed by atoms with E-state index in [9.17, 15) is 4.79 Å². The zero-order chi connectivity index (χ0) is 14.7. The summed E-state index contributed by atoms with van der Waals surface area (Å²) in [5.41, 5.74) is 1.95. The normalized spacial score (nSPS) is 21.3. The Kier molecular flexibility index (Phi) is 4.56. The Hall–Kier alpha value is -1.39. The predicted molar refractivity (Wildman–Crippen MR) is 80.9 cm³/mol. The van der Waals surface area contributed by atoms with Crippen LogP contribution >= 0.6 is 0 Å². The van der Waals surface area contributed by atoms with Crippen molar-refractivity contribution in [1.82, 2.24) is 4.90 Å². The first kappa shape index (κ1) is 14.5. The van der Waals surface area contributed by atoms with E-state index in [1.54, 1.807) is 0 Å². The minimum atomic E-state index is 0.195. The van der Waals surface area contributed by atoms with E-state index in [0.29, 0.717) is 12.6 Å². The van der Waals surface area contributed by atoms with Crippen LogP contribution in [-0.2, 0) is 6.42 Å². The van der Waals surface area contributed by atoms with E-state index in [1.807, 2.05) is 18.2 Å². The number of hydrogen-bond acceptors (Lipinski definition) is 4. The number of carbonyl (C=O) groups excluding carboxylic acids is 1. The van der Waals surface area contributed by atoms with Gasteiger partial charge in [-0.05, 0) is 56.0 Å². The van der Waals surface area contributed by atoms with Gasteiger partial charge in [-0.1, -0.05) is 0 Å². The first-order valence-corrected chi connectivity index (χ1v) is 7.92. The van der Waals surface area contributed by atoms with Crippen molar-refractivity contribution in [3.05, 3.63) is 29.3 Å². The zero-order valence-corrected chi connectivity index (χ0v) is 12.4. The molecule has 0 aromatic heterocycles. The highest BCUT2D eigenvalue weighted by Gasteiger charge is 2.26. The van der Waals surface area contributed by atoms with E-state index >= 15 is 0 Å². The number of aliphatic hydroxyl groups is 1. The van der Waals surface area contributed by atoms with Gasteiger partial charge < -0.3 is 9.84 Å². The van der Waals surface area contributed by atoms with Crippen LogP contribution in [0.25, 0.3) is 0 Å². The van der Waals surface area contributed by atoms with Crippen LogP contribution in [0.4, 0.5) is 0 Å². The summed E-state index contributed by atoms with van der Waals surface area (Å²) in [6.45, 7) is 2.46. The van der Waals surface area contributed by atoms with Crippen LogP contribution in [0, 0.1) is 0 Å². The summed E-state index contributed by atoms with van der Waals surface area (Å²) in [4.78, 5) is 14.8. The molecule has 1 unspecified atom stereocenters. The fourth-order valence-electron chi connectivity index (χ4n) is 3.39. The van der Waals surface area contributed by atoms with Gasteiger partial charge in [0.05, 0.1) is 13.2 Å². The molecular weight excluding hydrogens is 266 g/mol. The van der Waals surface area contributed by atoms with Gasteiger partial charge in [0.2, 0.25) is 0 Å². The van der Waals surface area contributed by atoms with Crippen LogP contribution in [0.5, 0.6) is 5.75 Å². The molecule has 1 atom stereocenters. The molecule has 3 rings (SSSR count). The van der Waals surface area contributed by atoms with E-state index in [4.69, 9.17) is 9.84 Å². The number of fused-ring (bicyclic) bond motifs is 1. The summed E-state index contributed by atoms with van der Waals surface area (Å²) < 4.78 is 5.48. The molecule has 21 heavy (non-hydrogen) atoms. The van der Waals surface area contributed by atoms with Gasteiger partial charge in [-0.2, -0.15) is 0 Å². The molecule has 0 radical (unpaired) electrons. The van der Waals surface area contributed by atoms with Crippen LogP contribution in [0.2, 0.25) is 0 Å². The number of likely N-dealkylation sites (tertiary alicyclic amines) is 1. The lowest BCUT2D eigenvalue weighted by Crippen LogP contribution is -2.34. The summed E-state index contributed by atoms with van der Waals surface area (Å²) in [6.07, 6.45) is 5.01. The van der Waals surface area contributed by atoms with Gasteiger partial charge in [0, 0.05) is 24.6 Å². The van der Waals surface area contributed by atoms with Crippen LogP contribution in [0.1, 0.15) is 41.6 Å². The van der Waals surface area contributed by atoms with Crippen molar-refractivity contribution in [2.24, 2.45) is 0 Å². The Labute approximate surface area is 125 Å². The molecule has 114 valence electrons. The number of Topliss-reactive ketones (excluding diaryl/α,β-unsaturated/α-hetero) is 1. The second-order valence-electron chi connectivity index (χ2n) is 5.98. The van der Waals surface area contributed by atoms with Crippen molar-refractivity contribution in [3.63, 3.8) is 0 Å². The highest BCUT2D eigenvalue weighted by Crippen LogP contribution is 2.27. The van der Waals surface area contributed by atoms with Gasteiger partial charge in [0.1, 0.15) is 5.75 Å². The van der Waals surface area contributed by atoms with Crippen molar-refractivity contribution in [2.75, 3.05) is 26.3 Å². The standard InChI is InChI=1S/C17H23NO3/c19-9-2-4-15-3-1-8-18(15)12-16(20)13-5-6-17-14(11-13)7-10-21-17/h5-6,11,15,19H,1-4,7-10,12H2. The molecule has 4 heteroatoms. The number of hydrogen-bond donors (Lipinski definition) is 1. The maximum Gasteiger partial charge on any atom is 0.176 e. The van der Waals surface area contributed by atoms with E-state index in [1.165, 1.54) is 0 Å². The Morgan fingerprint density at radius 2 is 2.33 bits per heavy atom. The molecule has 1 saturated heterocycles. The molecule has 0 spiro atoms. The van der Waals surface area contributed by atoms with Crippen LogP contribution in [0.3, 0.4) is 0 Å². The Bertz CT molecular complexity index is 515. The van der Waals surface area contributed by atoms with Crippen LogP contribution in [0.15, 0.2) is 18.2 Å². The van der Waals surface area contributed by atoms with Crippen molar-refractivity contribution >= 4 is 5.78 Å². The average molecular weight is 289 g/mol. The highest BCUT2D eigenvalue weighted by molar-refractivity contribution is 5.98. The summed E-state index contributed by atoms with van der Waals surface area (Å²) in [5.74, 6) is 1.12. The van der Waals surface area contributed by atoms with E-state index in [0.717, 1.165) is 62.1 Å². The number of aliphatic hydroxyl groups excluding tert-OH is 1. The third kappa shape index (κ3) is 3.27. The largest absolute Gasteiger partial charge is 0.493 e. The molecule has 0 saturated carbocycles. The maximum atomic E-state index is 12.5. The molecular formula is C17H23NO3. The van der Waals surface area contributed by atoms with E-state index < -0.39 is 0 Å². The number of ketones is 1. The van der Waals surface area contributed by atoms with Gasteiger partial charge in [-0.15, -0.1) is 0 Å². The maximum absolute atomic E-state index is 12.5. The minimum absolute atomic E-state index is 0.195. The van der Waals surface area contributed by atoms with Crippen LogP contribution in [-0.4, -0.2) is 48.1 Å². The third-order valence-electron chi connectivity index (χ3n) is 4.55. The highest BCUT2D eigenvalue weighted by atomic mass is 16.5. The fraction of sp³-hybridized carbons (Fsp3) is 0.588. The van der Waals surface area contributed by atoms with Gasteiger partial charge >= 0.3 is 0 Å². The van der Waals surface area contributed by atoms with Crippen LogP contribution < -0.4 is 4.74 Å². The number of benzene rings is 1. The number of rotatable bonds is 6. The lowest BCUT2D eigenvalue weighted by atomic mass is 10.0. The third-order valence-corrected chi connectivity index (χ3v) is 4.55. The number of ether oxygens (including phenoxy) is 1. The Morgan fingerprint density at radius 3 is 3.19 bits per heavy atom. The molecule has 0 aliphatic carbocycles. The van der Waals surface area contributed by atoms with E-state index in [2.05, 4.69) is 4.90 Å². The summed E-state index contributed by atoms with van der Waals surface area (Å²) in [6, 6.07) is 6.25. The SMILES string of the molecule is O=C(CN1CCCC1CCCO)c1ccc2c(c1)CCO2. The molecule has 0 amide bonds. The van der Waals surface area contributed by atoms with Crippen molar-refractivity contribution in [2.45, 2.75) is 38.1 Å². The second-order valence-corrected chi connectivity index (χ2v) is 5.98. The van der Waals surface area contributed by atoms with Crippen molar-refractivity contribution in [3.8, 4) is 5.75 Å². The Morgan fingerprint density at radius 1 is 1.43 bits per heavy atom. The smallest absolute Gasteiger partial charge is 0.176 e. The summed E-state index contributed by atoms with van der Waals surface area (Å²) in [7, 11) is 0. The lowest BCUT2D eigenvalue weighted by molar-refractivity contribution is 0.0915. The molecule has 4 nitrogen and oxygen atoms in total. The molecule has 1 aromatic carbocycles. The molecule has 1 N–H and O–H groups in total. The van der Waals surface area contributed by atoms with Gasteiger partial charge in [0.25, 0.3) is 0 Å². The predicted octanol–water partition coefficient (Wildman–Crippen LogP) is 2.04. The van der Waals surface area contributed by atoms with Gasteiger partial charge in [0.15, 0.2) is 5.78 Å². The molecule has 2 heterocycles. The fourth-order valence-corrected chi connectivity index (χ4v) is 3.39. The monoisotopic (exact) mass is 289 g/mol. The zero-order valence-electron chi connectivity index (χ0n) is 12.4. The molecule has 1 fully saturated rings. The molecule has 2 aliphatic heterocycles. The number of carbonyl (C=O) groups is 1. The lowest BCUT2D eigenvalue weighted by Gasteiger charge is -2.23. The quantitative estimate of drug-likeness (QED) is 0.814. The molecule has 0 bridgehead atoms. The summed E-state index contributed by atoms with van der Waals surface area (Å²) >= 11 is 0. The topological polar surface area (TPSA) is 49.8 Å². The van der Waals surface area contributed by atoms with Gasteiger partial charge in [-0.25, -0.2) is 0 Å².